The molecule has 0 saturated heterocycles. The lowest BCUT2D eigenvalue weighted by molar-refractivity contribution is 0.253. The van der Waals surface area contributed by atoms with Crippen LogP contribution in [-0.4, -0.2) is 20.0 Å². The largest absolute Gasteiger partial charge is 0.476 e. The van der Waals surface area contributed by atoms with E-state index in [9.17, 15) is 8.42 Å². The third-order valence-electron chi connectivity index (χ3n) is 4.81. The van der Waals surface area contributed by atoms with Crippen LogP contribution in [0.2, 0.25) is 0 Å². The maximum atomic E-state index is 13.7. The van der Waals surface area contributed by atoms with Crippen LogP contribution in [0.15, 0.2) is 64.4 Å². The van der Waals surface area contributed by atoms with Crippen molar-refractivity contribution < 1.29 is 13.2 Å². The number of ether oxygens (including phenoxy) is 1. The fraction of sp³-hybridized carbons (Fsp3) is 0.292. The number of hydrogen-bond donors (Lipinski definition) is 0. The first-order valence-corrected chi connectivity index (χ1v) is 11.2. The van der Waals surface area contributed by atoms with Crippen LogP contribution in [0.25, 0.3) is 11.1 Å². The standard InChI is InChI=1S/C24H27NO3S/c1-16(2)15-28-24-23(29(26,27)21-14-10-9-11-17(21)3)18(4)22(19(5)25-24)20-12-7-6-8-13-20/h6-14,16H,15H2,1-5H3. The summed E-state index contributed by atoms with van der Waals surface area (Å²) in [6.07, 6.45) is 0. The smallest absolute Gasteiger partial charge is 0.233 e. The summed E-state index contributed by atoms with van der Waals surface area (Å²) in [5, 5.41) is 0. The van der Waals surface area contributed by atoms with Gasteiger partial charge in [0, 0.05) is 11.3 Å². The number of sulfone groups is 1. The molecule has 152 valence electrons. The number of pyridine rings is 1. The zero-order valence-electron chi connectivity index (χ0n) is 17.6. The molecule has 1 aromatic heterocycles. The Kier molecular flexibility index (Phi) is 6.08. The second-order valence-corrected chi connectivity index (χ2v) is 9.53. The lowest BCUT2D eigenvalue weighted by atomic mass is 9.99. The summed E-state index contributed by atoms with van der Waals surface area (Å²) in [5.74, 6) is 0.428. The van der Waals surface area contributed by atoms with E-state index in [0.717, 1.165) is 16.8 Å². The normalized spacial score (nSPS) is 11.7. The number of benzene rings is 2. The van der Waals surface area contributed by atoms with Gasteiger partial charge < -0.3 is 4.74 Å². The maximum Gasteiger partial charge on any atom is 0.233 e. The molecule has 0 aliphatic rings. The molecule has 0 spiro atoms. The first kappa shape index (κ1) is 21.1. The fourth-order valence-corrected chi connectivity index (χ4v) is 5.27. The Hall–Kier alpha value is -2.66. The van der Waals surface area contributed by atoms with Crippen LogP contribution in [0.4, 0.5) is 0 Å². The van der Waals surface area contributed by atoms with Crippen molar-refractivity contribution >= 4 is 9.84 Å². The molecule has 3 aromatic rings. The van der Waals surface area contributed by atoms with Gasteiger partial charge in [0.05, 0.1) is 11.5 Å². The number of nitrogens with zero attached hydrogens (tertiary/aromatic N) is 1. The van der Waals surface area contributed by atoms with Crippen LogP contribution in [-0.2, 0) is 9.84 Å². The molecule has 0 unspecified atom stereocenters. The van der Waals surface area contributed by atoms with E-state index >= 15 is 0 Å². The Balaban J connectivity index is 2.32. The number of rotatable bonds is 6. The van der Waals surface area contributed by atoms with E-state index < -0.39 is 9.84 Å². The van der Waals surface area contributed by atoms with E-state index in [1.165, 1.54) is 0 Å². The van der Waals surface area contributed by atoms with E-state index in [2.05, 4.69) is 4.98 Å². The highest BCUT2D eigenvalue weighted by atomic mass is 32.2. The molecule has 0 aliphatic heterocycles. The lowest BCUT2D eigenvalue weighted by Gasteiger charge is -2.20. The first-order valence-electron chi connectivity index (χ1n) is 9.73. The van der Waals surface area contributed by atoms with Crippen molar-refractivity contribution in [1.29, 1.82) is 0 Å². The summed E-state index contributed by atoms with van der Waals surface area (Å²) in [6, 6.07) is 16.8. The van der Waals surface area contributed by atoms with Crippen LogP contribution >= 0.6 is 0 Å². The molecule has 0 radical (unpaired) electrons. The van der Waals surface area contributed by atoms with Gasteiger partial charge >= 0.3 is 0 Å². The van der Waals surface area contributed by atoms with Crippen LogP contribution in [0.3, 0.4) is 0 Å². The number of hydrogen-bond acceptors (Lipinski definition) is 4. The second-order valence-electron chi connectivity index (χ2n) is 7.67. The van der Waals surface area contributed by atoms with Crippen molar-refractivity contribution in [1.82, 2.24) is 4.98 Å². The third-order valence-corrected chi connectivity index (χ3v) is 6.86. The van der Waals surface area contributed by atoms with Gasteiger partial charge in [0.2, 0.25) is 15.7 Å². The van der Waals surface area contributed by atoms with Gasteiger partial charge in [0.15, 0.2) is 0 Å². The van der Waals surface area contributed by atoms with Gasteiger partial charge in [-0.3, -0.25) is 0 Å². The highest BCUT2D eigenvalue weighted by Crippen LogP contribution is 2.39. The zero-order valence-corrected chi connectivity index (χ0v) is 18.4. The Morgan fingerprint density at radius 3 is 2.17 bits per heavy atom. The van der Waals surface area contributed by atoms with Crippen LogP contribution in [0.5, 0.6) is 5.88 Å². The molecule has 0 amide bonds. The molecule has 0 fully saturated rings. The summed E-state index contributed by atoms with van der Waals surface area (Å²) in [4.78, 5) is 5.03. The molecule has 0 N–H and O–H groups in total. The Labute approximate surface area is 173 Å². The molecule has 0 aliphatic carbocycles. The minimum absolute atomic E-state index is 0.150. The van der Waals surface area contributed by atoms with Gasteiger partial charge in [0.1, 0.15) is 4.90 Å². The SMILES string of the molecule is Cc1ccccc1S(=O)(=O)c1c(OCC(C)C)nc(C)c(-c2ccccc2)c1C. The topological polar surface area (TPSA) is 56.3 Å². The van der Waals surface area contributed by atoms with Crippen LogP contribution in [0, 0.1) is 26.7 Å². The molecule has 4 nitrogen and oxygen atoms in total. The number of aryl methyl sites for hydroxylation is 2. The molecule has 2 aromatic carbocycles. The molecule has 1 heterocycles. The van der Waals surface area contributed by atoms with E-state index in [0.29, 0.717) is 17.7 Å². The summed E-state index contributed by atoms with van der Waals surface area (Å²) >= 11 is 0. The Bertz CT molecular complexity index is 1120. The quantitative estimate of drug-likeness (QED) is 0.536. The number of aromatic nitrogens is 1. The summed E-state index contributed by atoms with van der Waals surface area (Å²) in [6.45, 7) is 9.97. The minimum atomic E-state index is -3.81. The van der Waals surface area contributed by atoms with Crippen LogP contribution < -0.4 is 4.74 Å². The Morgan fingerprint density at radius 2 is 1.55 bits per heavy atom. The maximum absolute atomic E-state index is 13.7. The predicted octanol–water partition coefficient (Wildman–Crippen LogP) is 5.54. The van der Waals surface area contributed by atoms with Gasteiger partial charge in [-0.15, -0.1) is 0 Å². The van der Waals surface area contributed by atoms with Crippen molar-refractivity contribution in [3.8, 4) is 17.0 Å². The zero-order chi connectivity index (χ0) is 21.2. The van der Waals surface area contributed by atoms with Crippen LogP contribution in [0.1, 0.15) is 30.7 Å². The monoisotopic (exact) mass is 409 g/mol. The molecular weight excluding hydrogens is 382 g/mol. The highest BCUT2D eigenvalue weighted by molar-refractivity contribution is 7.91. The van der Waals surface area contributed by atoms with E-state index in [1.807, 2.05) is 64.1 Å². The van der Waals surface area contributed by atoms with Gasteiger partial charge in [-0.2, -0.15) is 0 Å². The van der Waals surface area contributed by atoms with Gasteiger partial charge in [-0.1, -0.05) is 62.4 Å². The molecule has 0 atom stereocenters. The van der Waals surface area contributed by atoms with Gasteiger partial charge in [-0.25, -0.2) is 13.4 Å². The fourth-order valence-electron chi connectivity index (χ4n) is 3.46. The van der Waals surface area contributed by atoms with Crippen molar-refractivity contribution in [2.45, 2.75) is 44.4 Å². The van der Waals surface area contributed by atoms with Gasteiger partial charge in [0.25, 0.3) is 0 Å². The summed E-state index contributed by atoms with van der Waals surface area (Å²) in [5.41, 5.74) is 3.87. The molecule has 0 bridgehead atoms. The average molecular weight is 410 g/mol. The van der Waals surface area contributed by atoms with Crippen molar-refractivity contribution in [3.63, 3.8) is 0 Å². The van der Waals surface area contributed by atoms with Crippen molar-refractivity contribution in [3.05, 3.63) is 71.4 Å². The molecule has 0 saturated carbocycles. The predicted molar refractivity (Wildman–Crippen MR) is 116 cm³/mol. The van der Waals surface area contributed by atoms with E-state index in [1.54, 1.807) is 25.1 Å². The average Bonchev–Trinajstić information content (AvgIpc) is 2.66. The third kappa shape index (κ3) is 4.20. The first-order chi connectivity index (χ1) is 13.7. The molecular formula is C24H27NO3S. The molecule has 5 heteroatoms. The Morgan fingerprint density at radius 1 is 0.931 bits per heavy atom. The highest BCUT2D eigenvalue weighted by Gasteiger charge is 2.30. The molecule has 29 heavy (non-hydrogen) atoms. The van der Waals surface area contributed by atoms with E-state index in [4.69, 9.17) is 4.74 Å². The lowest BCUT2D eigenvalue weighted by Crippen LogP contribution is -2.14. The second kappa shape index (κ2) is 8.37. The molecule has 3 rings (SSSR count). The minimum Gasteiger partial charge on any atom is -0.476 e. The van der Waals surface area contributed by atoms with E-state index in [-0.39, 0.29) is 21.6 Å². The summed E-state index contributed by atoms with van der Waals surface area (Å²) < 4.78 is 33.3. The van der Waals surface area contributed by atoms with Gasteiger partial charge in [-0.05, 0) is 49.4 Å². The van der Waals surface area contributed by atoms with Crippen molar-refractivity contribution in [2.75, 3.05) is 6.61 Å². The van der Waals surface area contributed by atoms with Crippen molar-refractivity contribution in [2.24, 2.45) is 5.92 Å². The summed E-state index contributed by atoms with van der Waals surface area (Å²) in [7, 11) is -3.81.